The number of benzene rings is 1. The van der Waals surface area contributed by atoms with Crippen molar-refractivity contribution in [2.24, 2.45) is 0 Å². The first kappa shape index (κ1) is 12.6. The molecule has 1 aliphatic heterocycles. The summed E-state index contributed by atoms with van der Waals surface area (Å²) >= 11 is 3.50. The molecular weight excluding hydrogens is 308 g/mol. The lowest BCUT2D eigenvalue weighted by Crippen LogP contribution is -2.27. The molecule has 0 saturated heterocycles. The van der Waals surface area contributed by atoms with Gasteiger partial charge in [-0.05, 0) is 22.0 Å². The predicted molar refractivity (Wildman–Crippen MR) is 76.2 cm³/mol. The van der Waals surface area contributed by atoms with Crippen LogP contribution in [0.15, 0.2) is 22.7 Å². The molecule has 0 unspecified atom stereocenters. The normalized spacial score (nSPS) is 14.2. The van der Waals surface area contributed by atoms with Gasteiger partial charge in [-0.1, -0.05) is 12.1 Å². The van der Waals surface area contributed by atoms with Crippen molar-refractivity contribution in [3.8, 4) is 0 Å². The van der Waals surface area contributed by atoms with Crippen LogP contribution in [0, 0.1) is 0 Å². The van der Waals surface area contributed by atoms with E-state index in [1.54, 1.807) is 0 Å². The number of esters is 1. The average molecular weight is 321 g/mol. The zero-order chi connectivity index (χ0) is 13.4. The Morgan fingerprint density at radius 2 is 2.32 bits per heavy atom. The number of nitrogens with zero attached hydrogens (tertiary/aromatic N) is 1. The van der Waals surface area contributed by atoms with Crippen molar-refractivity contribution in [2.75, 3.05) is 13.7 Å². The van der Waals surface area contributed by atoms with Crippen LogP contribution in [0.5, 0.6) is 0 Å². The summed E-state index contributed by atoms with van der Waals surface area (Å²) in [6.45, 7) is 1.55. The summed E-state index contributed by atoms with van der Waals surface area (Å²) in [5.41, 5.74) is 3.40. The number of aromatic nitrogens is 1. The van der Waals surface area contributed by atoms with Crippen LogP contribution < -0.4 is 5.32 Å². The Morgan fingerprint density at radius 3 is 3.11 bits per heavy atom. The summed E-state index contributed by atoms with van der Waals surface area (Å²) in [7, 11) is 1.41. The standard InChI is InChI=1S/C14H13BrN2O2/c1-19-14(18)12-8-3-2-4-10(15)13(8)17-11-5-6-16-7-9(11)12/h2-4,16H,5-7H2,1H3. The molecule has 19 heavy (non-hydrogen) atoms. The fraction of sp³-hybridized carbons (Fsp3) is 0.286. The number of hydrogen-bond acceptors (Lipinski definition) is 4. The second kappa shape index (κ2) is 4.90. The summed E-state index contributed by atoms with van der Waals surface area (Å²) < 4.78 is 5.84. The number of pyridine rings is 1. The molecule has 0 bridgehead atoms. The highest BCUT2D eigenvalue weighted by Gasteiger charge is 2.23. The molecule has 1 aromatic carbocycles. The molecule has 0 aliphatic carbocycles. The molecular formula is C14H13BrN2O2. The van der Waals surface area contributed by atoms with Gasteiger partial charge in [-0.3, -0.25) is 4.98 Å². The van der Waals surface area contributed by atoms with Crippen molar-refractivity contribution in [1.29, 1.82) is 0 Å². The first-order valence-corrected chi connectivity index (χ1v) is 6.90. The Balaban J connectivity index is 2.40. The van der Waals surface area contributed by atoms with Gasteiger partial charge in [0.25, 0.3) is 0 Å². The number of ether oxygens (including phenoxy) is 1. The molecule has 2 aromatic rings. The molecule has 1 aliphatic rings. The maximum absolute atomic E-state index is 12.1. The van der Waals surface area contributed by atoms with Crippen LogP contribution in [0.3, 0.4) is 0 Å². The van der Waals surface area contributed by atoms with Crippen LogP contribution in [0.1, 0.15) is 21.6 Å². The Labute approximate surface area is 119 Å². The van der Waals surface area contributed by atoms with Gasteiger partial charge in [-0.2, -0.15) is 0 Å². The zero-order valence-corrected chi connectivity index (χ0v) is 12.1. The third kappa shape index (κ3) is 2.03. The number of hydrogen-bond donors (Lipinski definition) is 1. The first-order valence-electron chi connectivity index (χ1n) is 6.11. The maximum Gasteiger partial charge on any atom is 0.338 e. The van der Waals surface area contributed by atoms with Crippen molar-refractivity contribution in [3.05, 3.63) is 39.5 Å². The fourth-order valence-corrected chi connectivity index (χ4v) is 2.95. The molecule has 0 saturated carbocycles. The number of nitrogens with one attached hydrogen (secondary N) is 1. The van der Waals surface area contributed by atoms with E-state index in [9.17, 15) is 4.79 Å². The number of methoxy groups -OCH3 is 1. The van der Waals surface area contributed by atoms with Crippen molar-refractivity contribution in [2.45, 2.75) is 13.0 Å². The lowest BCUT2D eigenvalue weighted by Gasteiger charge is -2.20. The Hall–Kier alpha value is -1.46. The van der Waals surface area contributed by atoms with Crippen molar-refractivity contribution < 1.29 is 9.53 Å². The molecule has 0 atom stereocenters. The summed E-state index contributed by atoms with van der Waals surface area (Å²) in [5.74, 6) is -0.301. The van der Waals surface area contributed by atoms with Gasteiger partial charge in [-0.25, -0.2) is 4.79 Å². The van der Waals surface area contributed by atoms with Crippen LogP contribution in [0.2, 0.25) is 0 Å². The van der Waals surface area contributed by atoms with Gasteiger partial charge in [-0.15, -0.1) is 0 Å². The predicted octanol–water partition coefficient (Wildman–Crippen LogP) is 2.43. The average Bonchev–Trinajstić information content (AvgIpc) is 2.45. The fourth-order valence-electron chi connectivity index (χ4n) is 2.49. The molecule has 0 amide bonds. The molecule has 0 spiro atoms. The number of carbonyl (C=O) groups excluding carboxylic acids is 1. The molecule has 2 heterocycles. The maximum atomic E-state index is 12.1. The monoisotopic (exact) mass is 320 g/mol. The summed E-state index contributed by atoms with van der Waals surface area (Å²) in [6.07, 6.45) is 0.830. The number of rotatable bonds is 1. The lowest BCUT2D eigenvalue weighted by molar-refractivity contribution is 0.0601. The van der Waals surface area contributed by atoms with E-state index in [2.05, 4.69) is 21.2 Å². The number of halogens is 1. The lowest BCUT2D eigenvalue weighted by atomic mass is 9.97. The molecule has 4 nitrogen and oxygen atoms in total. The molecule has 5 heteroatoms. The molecule has 0 radical (unpaired) electrons. The quantitative estimate of drug-likeness (QED) is 0.820. The van der Waals surface area contributed by atoms with E-state index < -0.39 is 0 Å². The Morgan fingerprint density at radius 1 is 1.47 bits per heavy atom. The third-order valence-electron chi connectivity index (χ3n) is 3.38. The van der Waals surface area contributed by atoms with Gasteiger partial charge < -0.3 is 10.1 Å². The van der Waals surface area contributed by atoms with Crippen molar-refractivity contribution in [1.82, 2.24) is 10.3 Å². The first-order chi connectivity index (χ1) is 9.22. The van der Waals surface area contributed by atoms with E-state index in [0.717, 1.165) is 39.6 Å². The second-order valence-corrected chi connectivity index (χ2v) is 5.32. The largest absolute Gasteiger partial charge is 0.465 e. The minimum atomic E-state index is -0.301. The van der Waals surface area contributed by atoms with Gasteiger partial charge in [0.1, 0.15) is 0 Å². The zero-order valence-electron chi connectivity index (χ0n) is 10.5. The van der Waals surface area contributed by atoms with Crippen LogP contribution in [0.4, 0.5) is 0 Å². The molecule has 98 valence electrons. The molecule has 3 rings (SSSR count). The van der Waals surface area contributed by atoms with Crippen molar-refractivity contribution >= 4 is 32.8 Å². The highest BCUT2D eigenvalue weighted by molar-refractivity contribution is 9.10. The second-order valence-electron chi connectivity index (χ2n) is 4.47. The minimum Gasteiger partial charge on any atom is -0.465 e. The van der Waals surface area contributed by atoms with Crippen molar-refractivity contribution in [3.63, 3.8) is 0 Å². The number of carbonyl (C=O) groups is 1. The van der Waals surface area contributed by atoms with Crippen LogP contribution in [-0.2, 0) is 17.7 Å². The van der Waals surface area contributed by atoms with Gasteiger partial charge in [0.15, 0.2) is 0 Å². The smallest absolute Gasteiger partial charge is 0.338 e. The Kier molecular flexibility index (Phi) is 3.24. The topological polar surface area (TPSA) is 51.2 Å². The van der Waals surface area contributed by atoms with E-state index in [1.165, 1.54) is 7.11 Å². The summed E-state index contributed by atoms with van der Waals surface area (Å²) in [5, 5.41) is 4.12. The highest BCUT2D eigenvalue weighted by Crippen LogP contribution is 2.30. The SMILES string of the molecule is COC(=O)c1c2c(nc3c(Br)cccc13)CCNC2. The van der Waals surface area contributed by atoms with E-state index in [4.69, 9.17) is 9.72 Å². The Bertz CT molecular complexity index is 670. The van der Waals surface area contributed by atoms with E-state index >= 15 is 0 Å². The number of para-hydroxylation sites is 1. The molecule has 0 fully saturated rings. The van der Waals surface area contributed by atoms with E-state index in [0.29, 0.717) is 12.1 Å². The van der Waals surface area contributed by atoms with Gasteiger partial charge in [0.05, 0.1) is 18.2 Å². The molecule has 1 N–H and O–H groups in total. The van der Waals surface area contributed by atoms with Gasteiger partial charge in [0, 0.05) is 40.6 Å². The summed E-state index contributed by atoms with van der Waals surface area (Å²) in [6, 6.07) is 5.75. The van der Waals surface area contributed by atoms with E-state index in [1.807, 2.05) is 18.2 Å². The van der Waals surface area contributed by atoms with E-state index in [-0.39, 0.29) is 5.97 Å². The van der Waals surface area contributed by atoms with Gasteiger partial charge >= 0.3 is 5.97 Å². The van der Waals surface area contributed by atoms with Crippen LogP contribution in [0.25, 0.3) is 10.9 Å². The molecule has 1 aromatic heterocycles. The van der Waals surface area contributed by atoms with Crippen LogP contribution >= 0.6 is 15.9 Å². The summed E-state index contributed by atoms with van der Waals surface area (Å²) in [4.78, 5) is 16.8. The number of fused-ring (bicyclic) bond motifs is 2. The minimum absolute atomic E-state index is 0.301. The van der Waals surface area contributed by atoms with Crippen LogP contribution in [-0.4, -0.2) is 24.6 Å². The van der Waals surface area contributed by atoms with Gasteiger partial charge in [0.2, 0.25) is 0 Å². The third-order valence-corrected chi connectivity index (χ3v) is 4.02. The highest BCUT2D eigenvalue weighted by atomic mass is 79.9.